The zero-order chi connectivity index (χ0) is 12.3. The predicted molar refractivity (Wildman–Crippen MR) is 60.9 cm³/mol. The molecule has 0 aliphatic rings. The van der Waals surface area contributed by atoms with Crippen molar-refractivity contribution in [3.05, 3.63) is 30.4 Å². The molecule has 1 atom stereocenters. The molecule has 2 aromatic rings. The summed E-state index contributed by atoms with van der Waals surface area (Å²) in [7, 11) is 1.58. The van der Waals surface area contributed by atoms with Crippen LogP contribution < -0.4 is 5.73 Å². The van der Waals surface area contributed by atoms with Gasteiger partial charge in [-0.3, -0.25) is 4.98 Å². The molecule has 0 spiro atoms. The molecule has 1 unspecified atom stereocenters. The molecule has 0 aliphatic carbocycles. The molecule has 2 rings (SSSR count). The zero-order valence-electron chi connectivity index (χ0n) is 9.75. The van der Waals surface area contributed by atoms with Gasteiger partial charge in [0.1, 0.15) is 5.54 Å². The summed E-state index contributed by atoms with van der Waals surface area (Å²) >= 11 is 0. The maximum absolute atomic E-state index is 6.01. The normalized spacial score (nSPS) is 14.5. The lowest BCUT2D eigenvalue weighted by Crippen LogP contribution is -2.38. The van der Waals surface area contributed by atoms with E-state index in [9.17, 15) is 0 Å². The molecule has 0 bridgehead atoms. The van der Waals surface area contributed by atoms with Crippen LogP contribution in [0.4, 0.5) is 0 Å². The number of ether oxygens (including phenoxy) is 1. The Bertz CT molecular complexity index is 481. The molecule has 90 valence electrons. The largest absolute Gasteiger partial charge is 0.382 e. The van der Waals surface area contributed by atoms with Gasteiger partial charge in [0.05, 0.1) is 12.2 Å². The van der Waals surface area contributed by atoms with E-state index in [0.29, 0.717) is 18.3 Å². The van der Waals surface area contributed by atoms with E-state index < -0.39 is 5.54 Å². The monoisotopic (exact) mass is 234 g/mol. The number of nitrogens with two attached hydrogens (primary N) is 1. The van der Waals surface area contributed by atoms with Gasteiger partial charge < -0.3 is 15.0 Å². The Balaban J connectivity index is 2.28. The van der Waals surface area contributed by atoms with Crippen LogP contribution in [-0.2, 0) is 10.3 Å². The summed E-state index contributed by atoms with van der Waals surface area (Å²) in [6, 6.07) is 3.64. The Hall–Kier alpha value is -1.79. The molecule has 0 radical (unpaired) electrons. The molecule has 17 heavy (non-hydrogen) atoms. The van der Waals surface area contributed by atoms with Crippen LogP contribution in [0.2, 0.25) is 0 Å². The van der Waals surface area contributed by atoms with Crippen molar-refractivity contribution < 1.29 is 9.26 Å². The molecule has 0 aliphatic heterocycles. The second-order valence-electron chi connectivity index (χ2n) is 4.02. The van der Waals surface area contributed by atoms with Crippen molar-refractivity contribution in [1.82, 2.24) is 15.1 Å². The summed E-state index contributed by atoms with van der Waals surface area (Å²) in [6.45, 7) is 2.10. The van der Waals surface area contributed by atoms with E-state index in [1.807, 2.05) is 6.07 Å². The first-order valence-electron chi connectivity index (χ1n) is 5.16. The highest BCUT2D eigenvalue weighted by Gasteiger charge is 2.27. The van der Waals surface area contributed by atoms with Crippen LogP contribution in [0.5, 0.6) is 0 Å². The van der Waals surface area contributed by atoms with E-state index in [2.05, 4.69) is 15.1 Å². The van der Waals surface area contributed by atoms with E-state index in [1.165, 1.54) is 0 Å². The molecule has 0 amide bonds. The maximum Gasteiger partial charge on any atom is 0.259 e. The van der Waals surface area contributed by atoms with Crippen LogP contribution in [0.15, 0.2) is 29.0 Å². The van der Waals surface area contributed by atoms with Gasteiger partial charge in [0.2, 0.25) is 0 Å². The van der Waals surface area contributed by atoms with Gasteiger partial charge in [0.15, 0.2) is 5.82 Å². The maximum atomic E-state index is 6.01. The van der Waals surface area contributed by atoms with Crippen molar-refractivity contribution in [2.24, 2.45) is 5.73 Å². The molecule has 2 N–H and O–H groups in total. The van der Waals surface area contributed by atoms with Gasteiger partial charge in [-0.1, -0.05) is 5.16 Å². The minimum atomic E-state index is -0.765. The smallest absolute Gasteiger partial charge is 0.259 e. The lowest BCUT2D eigenvalue weighted by Gasteiger charge is -2.18. The summed E-state index contributed by atoms with van der Waals surface area (Å²) in [6.07, 6.45) is 3.33. The second kappa shape index (κ2) is 4.60. The third-order valence-electron chi connectivity index (χ3n) is 2.29. The standard InChI is InChI=1S/C11H14N4O2/c1-11(12,7-16-2)10-14-9(17-15-10)8-4-3-5-13-6-8/h3-6H,7,12H2,1-2H3. The lowest BCUT2D eigenvalue weighted by molar-refractivity contribution is 0.135. The molecule has 0 fully saturated rings. The van der Waals surface area contributed by atoms with Crippen LogP contribution in [0, 0.1) is 0 Å². The molecule has 6 nitrogen and oxygen atoms in total. The highest BCUT2D eigenvalue weighted by molar-refractivity contribution is 5.50. The number of hydrogen-bond acceptors (Lipinski definition) is 6. The third kappa shape index (κ3) is 2.48. The fourth-order valence-electron chi connectivity index (χ4n) is 1.43. The van der Waals surface area contributed by atoms with Crippen LogP contribution in [0.1, 0.15) is 12.7 Å². The minimum absolute atomic E-state index is 0.318. The quantitative estimate of drug-likeness (QED) is 0.847. The first-order chi connectivity index (χ1) is 8.13. The third-order valence-corrected chi connectivity index (χ3v) is 2.29. The average molecular weight is 234 g/mol. The van der Waals surface area contributed by atoms with Crippen molar-refractivity contribution in [2.75, 3.05) is 13.7 Å². The van der Waals surface area contributed by atoms with E-state index in [-0.39, 0.29) is 0 Å². The number of methoxy groups -OCH3 is 1. The number of nitrogens with zero attached hydrogens (tertiary/aromatic N) is 3. The second-order valence-corrected chi connectivity index (χ2v) is 4.02. The van der Waals surface area contributed by atoms with E-state index >= 15 is 0 Å². The topological polar surface area (TPSA) is 87.1 Å². The van der Waals surface area contributed by atoms with Gasteiger partial charge >= 0.3 is 0 Å². The van der Waals surface area contributed by atoms with Crippen molar-refractivity contribution in [1.29, 1.82) is 0 Å². The number of pyridine rings is 1. The van der Waals surface area contributed by atoms with E-state index in [0.717, 1.165) is 5.56 Å². The molecular formula is C11H14N4O2. The SMILES string of the molecule is COCC(C)(N)c1noc(-c2cccnc2)n1. The van der Waals surface area contributed by atoms with Crippen molar-refractivity contribution in [3.8, 4) is 11.5 Å². The molecule has 0 saturated carbocycles. The lowest BCUT2D eigenvalue weighted by atomic mass is 10.1. The van der Waals surface area contributed by atoms with Crippen LogP contribution in [0.25, 0.3) is 11.5 Å². The Morgan fingerprint density at radius 2 is 2.35 bits per heavy atom. The summed E-state index contributed by atoms with van der Waals surface area (Å²) in [4.78, 5) is 8.23. The summed E-state index contributed by atoms with van der Waals surface area (Å²) in [5.74, 6) is 0.819. The molecule has 2 heterocycles. The van der Waals surface area contributed by atoms with E-state index in [4.69, 9.17) is 15.0 Å². The fraction of sp³-hybridized carbons (Fsp3) is 0.364. The fourth-order valence-corrected chi connectivity index (χ4v) is 1.43. The first kappa shape index (κ1) is 11.7. The highest BCUT2D eigenvalue weighted by Crippen LogP contribution is 2.20. The highest BCUT2D eigenvalue weighted by atomic mass is 16.5. The Morgan fingerprint density at radius 1 is 1.53 bits per heavy atom. The number of rotatable bonds is 4. The van der Waals surface area contributed by atoms with Gasteiger partial charge in [-0.2, -0.15) is 4.98 Å². The summed E-state index contributed by atoms with van der Waals surface area (Å²) in [5.41, 5.74) is 6.01. The van der Waals surface area contributed by atoms with Gasteiger partial charge in [-0.25, -0.2) is 0 Å². The van der Waals surface area contributed by atoms with Gasteiger partial charge in [-0.05, 0) is 19.1 Å². The summed E-state index contributed by atoms with van der Waals surface area (Å²) in [5, 5.41) is 3.86. The van der Waals surface area contributed by atoms with Crippen molar-refractivity contribution >= 4 is 0 Å². The molecular weight excluding hydrogens is 220 g/mol. The molecule has 6 heteroatoms. The van der Waals surface area contributed by atoms with Crippen molar-refractivity contribution in [3.63, 3.8) is 0 Å². The van der Waals surface area contributed by atoms with E-state index in [1.54, 1.807) is 32.5 Å². The number of hydrogen-bond donors (Lipinski definition) is 1. The number of aromatic nitrogens is 3. The van der Waals surface area contributed by atoms with Gasteiger partial charge in [-0.15, -0.1) is 0 Å². The van der Waals surface area contributed by atoms with Gasteiger partial charge in [0, 0.05) is 19.5 Å². The Labute approximate surface area is 98.8 Å². The van der Waals surface area contributed by atoms with Crippen LogP contribution in [-0.4, -0.2) is 28.8 Å². The van der Waals surface area contributed by atoms with Crippen LogP contribution in [0.3, 0.4) is 0 Å². The predicted octanol–water partition coefficient (Wildman–Crippen LogP) is 0.952. The van der Waals surface area contributed by atoms with Gasteiger partial charge in [0.25, 0.3) is 5.89 Å². The Kier molecular flexibility index (Phi) is 3.16. The first-order valence-corrected chi connectivity index (χ1v) is 5.16. The average Bonchev–Trinajstić information content (AvgIpc) is 2.80. The van der Waals surface area contributed by atoms with Crippen molar-refractivity contribution in [2.45, 2.75) is 12.5 Å². The molecule has 0 saturated heterocycles. The summed E-state index contributed by atoms with van der Waals surface area (Å²) < 4.78 is 10.2. The Morgan fingerprint density at radius 3 is 3.00 bits per heavy atom. The molecule has 0 aromatic carbocycles. The van der Waals surface area contributed by atoms with Crippen LogP contribution >= 0.6 is 0 Å². The zero-order valence-corrected chi connectivity index (χ0v) is 9.75. The minimum Gasteiger partial charge on any atom is -0.382 e. The molecule has 2 aromatic heterocycles.